The van der Waals surface area contributed by atoms with Crippen LogP contribution in [0, 0.1) is 6.92 Å². The van der Waals surface area contributed by atoms with Crippen LogP contribution >= 0.6 is 0 Å². The lowest BCUT2D eigenvalue weighted by Crippen LogP contribution is -2.42. The molecule has 5 rings (SSSR count). The fraction of sp³-hybridized carbons (Fsp3) is 0.318. The monoisotopic (exact) mass is 379 g/mol. The number of aromatic nitrogens is 3. The Morgan fingerprint density at radius 3 is 2.68 bits per heavy atom. The fourth-order valence-electron chi connectivity index (χ4n) is 3.92. The summed E-state index contributed by atoms with van der Waals surface area (Å²) in [6.45, 7) is 2.64. The van der Waals surface area contributed by atoms with E-state index in [9.17, 15) is 0 Å². The lowest BCUT2D eigenvalue weighted by Gasteiger charge is -2.32. The number of hydrogen-bond acceptors (Lipinski definition) is 6. The number of nitrogens with zero attached hydrogens (tertiary/aromatic N) is 5. The maximum Gasteiger partial charge on any atom is 0.227 e. The van der Waals surface area contributed by atoms with Crippen molar-refractivity contribution in [1.29, 1.82) is 0 Å². The van der Waals surface area contributed by atoms with Crippen LogP contribution < -0.4 is 9.80 Å². The molecule has 0 radical (unpaired) electrons. The predicted octanol–water partition coefficient (Wildman–Crippen LogP) is 5.43. The number of rotatable bonds is 2. The lowest BCUT2D eigenvalue weighted by atomic mass is 10.1. The van der Waals surface area contributed by atoms with Gasteiger partial charge >= 0.3 is 0 Å². The van der Waals surface area contributed by atoms with Crippen molar-refractivity contribution in [2.24, 2.45) is 0 Å². The molecule has 1 aliphatic rings. The smallest absolute Gasteiger partial charge is 0.227 e. The highest BCUT2D eigenvalue weighted by molar-refractivity contribution is 6.09. The van der Waals surface area contributed by atoms with Gasteiger partial charge in [0.25, 0.3) is 0 Å². The van der Waals surface area contributed by atoms with Crippen molar-refractivity contribution in [3.8, 4) is 0 Å². The average Bonchev–Trinajstić information content (AvgIpc) is 3.22. The molecular formula is C22H25N5O. The largest absolute Gasteiger partial charge is 0.435 e. The molecule has 2 atom stereocenters. The summed E-state index contributed by atoms with van der Waals surface area (Å²) < 4.78 is 38.8. The summed E-state index contributed by atoms with van der Waals surface area (Å²) in [5.41, 5.74) is 2.85. The molecule has 0 saturated heterocycles. The van der Waals surface area contributed by atoms with Gasteiger partial charge in [0.15, 0.2) is 17.2 Å². The third-order valence-electron chi connectivity index (χ3n) is 5.06. The number of benzene rings is 1. The Labute approximate surface area is 170 Å². The minimum absolute atomic E-state index is 0. The molecule has 1 aromatic carbocycles. The van der Waals surface area contributed by atoms with Crippen LogP contribution in [-0.2, 0) is 0 Å². The molecule has 144 valence electrons. The summed E-state index contributed by atoms with van der Waals surface area (Å²) in [6.07, 6.45) is 4.22. The summed E-state index contributed by atoms with van der Waals surface area (Å²) in [7, 11) is 0. The first-order valence-corrected chi connectivity index (χ1v) is 8.79. The molecule has 1 aliphatic heterocycles. The van der Waals surface area contributed by atoms with Gasteiger partial charge in [-0.25, -0.2) is 15.0 Å². The molecular weight excluding hydrogens is 350 g/mol. The molecule has 4 heterocycles. The van der Waals surface area contributed by atoms with E-state index in [0.717, 1.165) is 22.0 Å². The second kappa shape index (κ2) is 6.48. The Morgan fingerprint density at radius 2 is 1.89 bits per heavy atom. The Morgan fingerprint density at radius 1 is 1.11 bits per heavy atom. The standard InChI is InChI=1S/C21H21N5O.CH4/c1-12(2)25-14(4)26(20-19(25)22-10-11-23-20)17-13(3)7-8-15-16-6-5-9-24-21(16)27-18(15)17;/h5-12,14H,1-4H3;1H4/i1D3,12D;. The first kappa shape index (κ1) is 13.9. The number of anilines is 3. The second-order valence-corrected chi connectivity index (χ2v) is 6.73. The van der Waals surface area contributed by atoms with Crippen molar-refractivity contribution < 1.29 is 9.90 Å². The van der Waals surface area contributed by atoms with Gasteiger partial charge in [0.1, 0.15) is 6.17 Å². The normalized spacial score (nSPS) is 20.8. The van der Waals surface area contributed by atoms with Crippen molar-refractivity contribution in [3.63, 3.8) is 0 Å². The summed E-state index contributed by atoms with van der Waals surface area (Å²) in [4.78, 5) is 16.7. The molecule has 4 aromatic rings. The van der Waals surface area contributed by atoms with Gasteiger partial charge in [0.05, 0.1) is 7.06 Å². The van der Waals surface area contributed by atoms with E-state index < -0.39 is 19.0 Å². The number of fused-ring (bicyclic) bond motifs is 4. The Balaban J connectivity index is 0.00000245. The van der Waals surface area contributed by atoms with Crippen LogP contribution in [0.4, 0.5) is 17.3 Å². The average molecular weight is 380 g/mol. The van der Waals surface area contributed by atoms with Crippen molar-refractivity contribution >= 4 is 39.4 Å². The van der Waals surface area contributed by atoms with E-state index in [0.29, 0.717) is 22.9 Å². The summed E-state index contributed by atoms with van der Waals surface area (Å²) in [5, 5.41) is 1.80. The molecule has 6 nitrogen and oxygen atoms in total. The van der Waals surface area contributed by atoms with Gasteiger partial charge in [-0.15, -0.1) is 0 Å². The van der Waals surface area contributed by atoms with E-state index in [1.54, 1.807) is 12.4 Å². The zero-order chi connectivity index (χ0) is 22.1. The predicted molar refractivity (Wildman–Crippen MR) is 114 cm³/mol. The molecule has 0 spiro atoms. The Kier molecular flexibility index (Phi) is 3.22. The van der Waals surface area contributed by atoms with Gasteiger partial charge in [-0.2, -0.15) is 0 Å². The van der Waals surface area contributed by atoms with E-state index in [1.807, 2.05) is 43.0 Å². The molecule has 2 unspecified atom stereocenters. The fourth-order valence-corrected chi connectivity index (χ4v) is 3.92. The molecule has 0 fully saturated rings. The molecule has 0 saturated carbocycles. The number of furan rings is 1. The van der Waals surface area contributed by atoms with Crippen LogP contribution in [0.15, 0.2) is 47.3 Å². The van der Waals surface area contributed by atoms with Gasteiger partial charge in [0.2, 0.25) is 5.71 Å². The highest BCUT2D eigenvalue weighted by Gasteiger charge is 2.39. The SMILES string of the molecule is C.[2H]C([2H])([2H])C([2H])(C)N1c2nccnc2N(c2c(C)ccc3c2oc2ncccc23)C1C. The summed E-state index contributed by atoms with van der Waals surface area (Å²) >= 11 is 0. The first-order chi connectivity index (χ1) is 14.6. The van der Waals surface area contributed by atoms with Crippen molar-refractivity contribution in [2.45, 2.75) is 47.2 Å². The second-order valence-electron chi connectivity index (χ2n) is 6.73. The van der Waals surface area contributed by atoms with E-state index in [-0.39, 0.29) is 7.43 Å². The van der Waals surface area contributed by atoms with Crippen LogP contribution in [0.25, 0.3) is 22.1 Å². The van der Waals surface area contributed by atoms with Crippen LogP contribution in [-0.4, -0.2) is 27.1 Å². The molecule has 28 heavy (non-hydrogen) atoms. The third kappa shape index (κ3) is 2.37. The van der Waals surface area contributed by atoms with Gasteiger partial charge in [-0.05, 0) is 45.3 Å². The maximum absolute atomic E-state index is 8.73. The van der Waals surface area contributed by atoms with Gasteiger partial charge < -0.3 is 9.32 Å². The Bertz CT molecular complexity index is 1320. The molecule has 6 heteroatoms. The van der Waals surface area contributed by atoms with E-state index >= 15 is 0 Å². The first-order valence-electron chi connectivity index (χ1n) is 10.8. The van der Waals surface area contributed by atoms with Crippen molar-refractivity contribution in [1.82, 2.24) is 15.0 Å². The number of pyridine rings is 1. The maximum atomic E-state index is 8.73. The number of hydrogen-bond donors (Lipinski definition) is 0. The van der Waals surface area contributed by atoms with Crippen LogP contribution in [0.3, 0.4) is 0 Å². The summed E-state index contributed by atoms with van der Waals surface area (Å²) in [5.74, 6) is 0.844. The highest BCUT2D eigenvalue weighted by Crippen LogP contribution is 2.46. The van der Waals surface area contributed by atoms with Gasteiger partial charge in [0, 0.05) is 39.5 Å². The van der Waals surface area contributed by atoms with E-state index in [4.69, 9.17) is 9.90 Å². The highest BCUT2D eigenvalue weighted by atomic mass is 16.3. The zero-order valence-electron chi connectivity index (χ0n) is 19.3. The molecule has 0 amide bonds. The zero-order valence-corrected chi connectivity index (χ0v) is 15.3. The molecule has 0 aliphatic carbocycles. The van der Waals surface area contributed by atoms with Gasteiger partial charge in [-0.1, -0.05) is 19.6 Å². The topological polar surface area (TPSA) is 58.3 Å². The van der Waals surface area contributed by atoms with Gasteiger partial charge in [-0.3, -0.25) is 4.90 Å². The quantitative estimate of drug-likeness (QED) is 0.463. The van der Waals surface area contributed by atoms with Crippen LogP contribution in [0.5, 0.6) is 0 Å². The minimum atomic E-state index is -2.56. The van der Waals surface area contributed by atoms with E-state index in [1.165, 1.54) is 18.0 Å². The summed E-state index contributed by atoms with van der Waals surface area (Å²) in [6, 6.07) is 5.89. The molecule has 0 N–H and O–H groups in total. The Hall–Kier alpha value is -3.15. The van der Waals surface area contributed by atoms with Crippen LogP contribution in [0.2, 0.25) is 0 Å². The van der Waals surface area contributed by atoms with Crippen molar-refractivity contribution in [3.05, 3.63) is 48.4 Å². The number of aryl methyl sites for hydroxylation is 1. The van der Waals surface area contributed by atoms with Crippen molar-refractivity contribution in [2.75, 3.05) is 9.80 Å². The van der Waals surface area contributed by atoms with E-state index in [2.05, 4.69) is 15.0 Å². The molecule has 0 bridgehead atoms. The third-order valence-corrected chi connectivity index (χ3v) is 5.06. The lowest BCUT2D eigenvalue weighted by molar-refractivity contribution is 0.597. The molecule has 3 aromatic heterocycles. The van der Waals surface area contributed by atoms with Crippen LogP contribution in [0.1, 0.15) is 39.2 Å². The minimum Gasteiger partial charge on any atom is -0.435 e.